The van der Waals surface area contributed by atoms with Crippen molar-refractivity contribution in [2.24, 2.45) is 5.16 Å². The number of hydrogen-bond donors (Lipinski definition) is 1. The summed E-state index contributed by atoms with van der Waals surface area (Å²) < 4.78 is 11.0. The summed E-state index contributed by atoms with van der Waals surface area (Å²) in [5.74, 6) is 1.16. The van der Waals surface area contributed by atoms with Crippen molar-refractivity contribution in [1.82, 2.24) is 0 Å². The Morgan fingerprint density at radius 3 is 2.50 bits per heavy atom. The molecule has 0 aromatic heterocycles. The van der Waals surface area contributed by atoms with Gasteiger partial charge < -0.3 is 14.7 Å². The molecular weight excluding hydrogens is 280 g/mol. The van der Waals surface area contributed by atoms with Gasteiger partial charge in [-0.1, -0.05) is 17.3 Å². The van der Waals surface area contributed by atoms with Gasteiger partial charge in [0.2, 0.25) is 0 Å². The van der Waals surface area contributed by atoms with Crippen LogP contribution in [0.25, 0.3) is 0 Å². The molecule has 22 heavy (non-hydrogen) atoms. The Bertz CT molecular complexity index is 716. The average molecular weight is 296 g/mol. The summed E-state index contributed by atoms with van der Waals surface area (Å²) in [6.45, 7) is 2.07. The largest absolute Gasteiger partial charge is 0.493 e. The van der Waals surface area contributed by atoms with E-state index >= 15 is 0 Å². The topological polar surface area (TPSA) is 74.8 Å². The molecule has 1 N–H and O–H groups in total. The molecule has 2 rings (SSSR count). The van der Waals surface area contributed by atoms with Crippen LogP contribution in [0, 0.1) is 11.3 Å². The van der Waals surface area contributed by atoms with Gasteiger partial charge in [-0.25, -0.2) is 0 Å². The molecule has 0 fully saturated rings. The summed E-state index contributed by atoms with van der Waals surface area (Å²) in [6.07, 6.45) is 0. The third-order valence-corrected chi connectivity index (χ3v) is 3.21. The van der Waals surface area contributed by atoms with Crippen molar-refractivity contribution >= 4 is 5.71 Å². The molecule has 5 heteroatoms. The minimum Gasteiger partial charge on any atom is -0.493 e. The van der Waals surface area contributed by atoms with E-state index in [1.165, 1.54) is 0 Å². The zero-order valence-corrected chi connectivity index (χ0v) is 12.4. The monoisotopic (exact) mass is 296 g/mol. The van der Waals surface area contributed by atoms with Gasteiger partial charge in [0, 0.05) is 5.56 Å². The van der Waals surface area contributed by atoms with E-state index < -0.39 is 0 Å². The number of nitriles is 1. The maximum Gasteiger partial charge on any atom is 0.161 e. The van der Waals surface area contributed by atoms with Crippen LogP contribution in [-0.2, 0) is 6.61 Å². The number of hydrogen-bond acceptors (Lipinski definition) is 5. The van der Waals surface area contributed by atoms with Crippen molar-refractivity contribution in [3.8, 4) is 17.6 Å². The van der Waals surface area contributed by atoms with E-state index in [9.17, 15) is 0 Å². The second-order valence-corrected chi connectivity index (χ2v) is 4.65. The van der Waals surface area contributed by atoms with Gasteiger partial charge >= 0.3 is 0 Å². The fourth-order valence-electron chi connectivity index (χ4n) is 1.91. The molecule has 0 saturated heterocycles. The highest BCUT2D eigenvalue weighted by molar-refractivity contribution is 5.98. The molecule has 0 heterocycles. The van der Waals surface area contributed by atoms with Gasteiger partial charge in [-0.15, -0.1) is 0 Å². The highest BCUT2D eigenvalue weighted by Gasteiger charge is 2.08. The lowest BCUT2D eigenvalue weighted by Gasteiger charge is -2.12. The summed E-state index contributed by atoms with van der Waals surface area (Å²) >= 11 is 0. The molecule has 0 unspecified atom stereocenters. The van der Waals surface area contributed by atoms with Crippen molar-refractivity contribution in [3.05, 3.63) is 59.2 Å². The predicted molar refractivity (Wildman–Crippen MR) is 82.5 cm³/mol. The van der Waals surface area contributed by atoms with Crippen LogP contribution in [-0.4, -0.2) is 18.0 Å². The lowest BCUT2D eigenvalue weighted by molar-refractivity contribution is 0.284. The van der Waals surface area contributed by atoms with Crippen LogP contribution >= 0.6 is 0 Å². The van der Waals surface area contributed by atoms with Crippen LogP contribution in [0.4, 0.5) is 0 Å². The smallest absolute Gasteiger partial charge is 0.161 e. The molecule has 0 aliphatic heterocycles. The van der Waals surface area contributed by atoms with Gasteiger partial charge in [-0.2, -0.15) is 5.26 Å². The van der Waals surface area contributed by atoms with Gasteiger partial charge in [-0.05, 0) is 42.8 Å². The van der Waals surface area contributed by atoms with Gasteiger partial charge in [-0.3, -0.25) is 0 Å². The Morgan fingerprint density at radius 1 is 1.18 bits per heavy atom. The first-order chi connectivity index (χ1) is 10.7. The molecule has 0 amide bonds. The summed E-state index contributed by atoms with van der Waals surface area (Å²) in [7, 11) is 1.55. The normalized spacial score (nSPS) is 10.9. The molecular formula is C17H16N2O3. The minimum atomic E-state index is 0.370. The quantitative estimate of drug-likeness (QED) is 0.521. The lowest BCUT2D eigenvalue weighted by atomic mass is 10.1. The van der Waals surface area contributed by atoms with Crippen molar-refractivity contribution in [2.45, 2.75) is 13.5 Å². The van der Waals surface area contributed by atoms with Crippen LogP contribution in [0.5, 0.6) is 11.5 Å². The standard InChI is InChI=1S/C17H16N2O3/c1-12(19-20)15-7-8-16(17(9-15)21-2)22-11-14-5-3-13(10-18)4-6-14/h3-9,20H,11H2,1-2H3/b19-12+. The number of methoxy groups -OCH3 is 1. The number of nitrogens with zero attached hydrogens (tertiary/aromatic N) is 2. The second kappa shape index (κ2) is 7.14. The van der Waals surface area contributed by atoms with E-state index in [1.54, 1.807) is 44.4 Å². The molecule has 0 aliphatic rings. The van der Waals surface area contributed by atoms with Gasteiger partial charge in [0.15, 0.2) is 11.5 Å². The van der Waals surface area contributed by atoms with Crippen LogP contribution in [0.1, 0.15) is 23.6 Å². The molecule has 112 valence electrons. The zero-order chi connectivity index (χ0) is 15.9. The highest BCUT2D eigenvalue weighted by atomic mass is 16.5. The number of benzene rings is 2. The average Bonchev–Trinajstić information content (AvgIpc) is 2.59. The SMILES string of the molecule is COc1cc(/C(C)=N/O)ccc1OCc1ccc(C#N)cc1. The molecule has 5 nitrogen and oxygen atoms in total. The zero-order valence-electron chi connectivity index (χ0n) is 12.4. The van der Waals surface area contributed by atoms with Crippen LogP contribution in [0.2, 0.25) is 0 Å². The van der Waals surface area contributed by atoms with E-state index in [4.69, 9.17) is 19.9 Å². The second-order valence-electron chi connectivity index (χ2n) is 4.65. The maximum absolute atomic E-state index is 8.81. The molecule has 2 aromatic rings. The third-order valence-electron chi connectivity index (χ3n) is 3.21. The Labute approximate surface area is 129 Å². The Balaban J connectivity index is 2.13. The van der Waals surface area contributed by atoms with E-state index in [0.717, 1.165) is 11.1 Å². The van der Waals surface area contributed by atoms with Crippen LogP contribution < -0.4 is 9.47 Å². The van der Waals surface area contributed by atoms with Crippen LogP contribution in [0.15, 0.2) is 47.6 Å². The first-order valence-electron chi connectivity index (χ1n) is 6.67. The van der Waals surface area contributed by atoms with E-state index in [-0.39, 0.29) is 0 Å². The van der Waals surface area contributed by atoms with E-state index in [2.05, 4.69) is 11.2 Å². The molecule has 0 aliphatic carbocycles. The lowest BCUT2D eigenvalue weighted by Crippen LogP contribution is -2.00. The molecule has 0 bridgehead atoms. The summed E-state index contributed by atoms with van der Waals surface area (Å²) in [4.78, 5) is 0. The molecule has 2 aromatic carbocycles. The number of oxime groups is 1. The maximum atomic E-state index is 8.81. The van der Waals surface area contributed by atoms with Crippen molar-refractivity contribution in [1.29, 1.82) is 5.26 Å². The molecule has 0 radical (unpaired) electrons. The van der Waals surface area contributed by atoms with E-state index in [0.29, 0.717) is 29.4 Å². The van der Waals surface area contributed by atoms with Crippen molar-refractivity contribution in [2.75, 3.05) is 7.11 Å². The van der Waals surface area contributed by atoms with Gasteiger partial charge in [0.25, 0.3) is 0 Å². The predicted octanol–water partition coefficient (Wildman–Crippen LogP) is 3.34. The Hall–Kier alpha value is -3.00. The van der Waals surface area contributed by atoms with Crippen LogP contribution in [0.3, 0.4) is 0 Å². The Morgan fingerprint density at radius 2 is 1.91 bits per heavy atom. The summed E-state index contributed by atoms with van der Waals surface area (Å²) in [5.41, 5.74) is 2.82. The highest BCUT2D eigenvalue weighted by Crippen LogP contribution is 2.29. The summed E-state index contributed by atoms with van der Waals surface area (Å²) in [5, 5.41) is 20.7. The first-order valence-corrected chi connectivity index (χ1v) is 6.67. The first kappa shape index (κ1) is 15.4. The fourth-order valence-corrected chi connectivity index (χ4v) is 1.91. The third kappa shape index (κ3) is 3.55. The fraction of sp³-hybridized carbons (Fsp3) is 0.176. The van der Waals surface area contributed by atoms with Gasteiger partial charge in [0.05, 0.1) is 24.5 Å². The van der Waals surface area contributed by atoms with Gasteiger partial charge in [0.1, 0.15) is 6.61 Å². The minimum absolute atomic E-state index is 0.370. The number of ether oxygens (including phenoxy) is 2. The Kier molecular flexibility index (Phi) is 4.99. The molecule has 0 spiro atoms. The molecule has 0 saturated carbocycles. The number of rotatable bonds is 5. The van der Waals surface area contributed by atoms with Crippen molar-refractivity contribution < 1.29 is 14.7 Å². The molecule has 0 atom stereocenters. The summed E-state index contributed by atoms with van der Waals surface area (Å²) in [6, 6.07) is 14.6. The van der Waals surface area contributed by atoms with Crippen molar-refractivity contribution in [3.63, 3.8) is 0 Å². The van der Waals surface area contributed by atoms with E-state index in [1.807, 2.05) is 12.1 Å².